The molecular formula is C18H18ClN5. The van der Waals surface area contributed by atoms with Gasteiger partial charge in [-0.25, -0.2) is 9.97 Å². The summed E-state index contributed by atoms with van der Waals surface area (Å²) in [6.07, 6.45) is 1.47. The van der Waals surface area contributed by atoms with Gasteiger partial charge >= 0.3 is 0 Å². The van der Waals surface area contributed by atoms with Gasteiger partial charge in [-0.05, 0) is 43.2 Å². The van der Waals surface area contributed by atoms with Gasteiger partial charge in [0.15, 0.2) is 11.6 Å². The molecule has 0 aliphatic carbocycles. The Labute approximate surface area is 145 Å². The summed E-state index contributed by atoms with van der Waals surface area (Å²) >= 11 is 6.06. The van der Waals surface area contributed by atoms with Gasteiger partial charge < -0.3 is 16.4 Å². The molecule has 0 saturated carbocycles. The summed E-state index contributed by atoms with van der Waals surface area (Å²) in [5.41, 5.74) is 10.6. The summed E-state index contributed by atoms with van der Waals surface area (Å²) < 4.78 is 0. The van der Waals surface area contributed by atoms with Crippen molar-refractivity contribution in [3.05, 3.63) is 64.9 Å². The molecule has 2 aromatic carbocycles. The molecule has 6 heteroatoms. The fourth-order valence-electron chi connectivity index (χ4n) is 2.29. The van der Waals surface area contributed by atoms with E-state index in [1.807, 2.05) is 56.3 Å². The predicted octanol–water partition coefficient (Wildman–Crippen LogP) is 4.82. The molecule has 0 saturated heterocycles. The number of rotatable bonds is 4. The lowest BCUT2D eigenvalue weighted by Gasteiger charge is -2.15. The third-order valence-corrected chi connectivity index (χ3v) is 3.97. The molecule has 3 aromatic rings. The second-order valence-corrected chi connectivity index (χ2v) is 5.95. The average Bonchev–Trinajstić information content (AvgIpc) is 2.56. The number of hydrogen-bond donors (Lipinski definition) is 3. The number of aryl methyl sites for hydroxylation is 2. The first-order chi connectivity index (χ1) is 11.5. The first-order valence-electron chi connectivity index (χ1n) is 7.51. The molecule has 0 fully saturated rings. The van der Waals surface area contributed by atoms with Gasteiger partial charge in [0.1, 0.15) is 12.0 Å². The molecule has 24 heavy (non-hydrogen) atoms. The standard InChI is InChI=1S/C18H18ClN5/c1-11-5-3-4-6-14(11)23-17-16(20)18(22-10-21-17)24-15-9-13(19)8-7-12(15)2/h3-10H,20H2,1-2H3,(H2,21,22,23,24). The SMILES string of the molecule is Cc1ccccc1Nc1ncnc(Nc2cc(Cl)ccc2C)c1N. The van der Waals surface area contributed by atoms with Crippen LogP contribution in [0, 0.1) is 13.8 Å². The zero-order valence-electron chi connectivity index (χ0n) is 13.5. The normalized spacial score (nSPS) is 10.5. The number of nitrogens with two attached hydrogens (primary N) is 1. The van der Waals surface area contributed by atoms with Crippen molar-refractivity contribution in [2.75, 3.05) is 16.4 Å². The van der Waals surface area contributed by atoms with Crippen LogP contribution in [0.2, 0.25) is 5.02 Å². The molecule has 122 valence electrons. The van der Waals surface area contributed by atoms with Crippen LogP contribution in [0.15, 0.2) is 48.8 Å². The van der Waals surface area contributed by atoms with Crippen molar-refractivity contribution in [2.45, 2.75) is 13.8 Å². The molecule has 0 bridgehead atoms. The van der Waals surface area contributed by atoms with E-state index in [2.05, 4.69) is 20.6 Å². The number of nitrogens with zero attached hydrogens (tertiary/aromatic N) is 2. The Morgan fingerprint density at radius 1 is 0.875 bits per heavy atom. The molecule has 3 rings (SSSR count). The minimum atomic E-state index is 0.445. The molecule has 0 atom stereocenters. The van der Waals surface area contributed by atoms with Gasteiger partial charge in [0.05, 0.1) is 0 Å². The topological polar surface area (TPSA) is 75.9 Å². The van der Waals surface area contributed by atoms with Crippen molar-refractivity contribution in [1.82, 2.24) is 9.97 Å². The van der Waals surface area contributed by atoms with Gasteiger partial charge in [0, 0.05) is 16.4 Å². The Hall–Kier alpha value is -2.79. The lowest BCUT2D eigenvalue weighted by molar-refractivity contribution is 1.17. The molecule has 0 unspecified atom stereocenters. The van der Waals surface area contributed by atoms with E-state index in [1.165, 1.54) is 6.33 Å². The molecule has 0 aliphatic rings. The average molecular weight is 340 g/mol. The van der Waals surface area contributed by atoms with Crippen LogP contribution < -0.4 is 16.4 Å². The fourth-order valence-corrected chi connectivity index (χ4v) is 2.46. The number of benzene rings is 2. The minimum Gasteiger partial charge on any atom is -0.393 e. The number of nitrogen functional groups attached to an aromatic ring is 1. The van der Waals surface area contributed by atoms with Crippen molar-refractivity contribution < 1.29 is 0 Å². The predicted molar refractivity (Wildman–Crippen MR) is 100 cm³/mol. The lowest BCUT2D eigenvalue weighted by atomic mass is 10.2. The van der Waals surface area contributed by atoms with E-state index >= 15 is 0 Å². The zero-order chi connectivity index (χ0) is 17.1. The van der Waals surface area contributed by atoms with Crippen molar-refractivity contribution in [2.24, 2.45) is 0 Å². The summed E-state index contributed by atoms with van der Waals surface area (Å²) in [4.78, 5) is 8.48. The quantitative estimate of drug-likeness (QED) is 0.635. The van der Waals surface area contributed by atoms with Gasteiger partial charge in [-0.1, -0.05) is 35.9 Å². The molecule has 4 N–H and O–H groups in total. The van der Waals surface area contributed by atoms with E-state index in [1.54, 1.807) is 0 Å². The highest BCUT2D eigenvalue weighted by atomic mass is 35.5. The number of para-hydroxylation sites is 1. The Bertz CT molecular complexity index is 879. The maximum atomic E-state index is 6.23. The van der Waals surface area contributed by atoms with E-state index < -0.39 is 0 Å². The van der Waals surface area contributed by atoms with Crippen LogP contribution in [0.5, 0.6) is 0 Å². The Kier molecular flexibility index (Phi) is 4.53. The molecule has 1 aromatic heterocycles. The first-order valence-corrected chi connectivity index (χ1v) is 7.88. The number of anilines is 5. The molecular weight excluding hydrogens is 322 g/mol. The smallest absolute Gasteiger partial charge is 0.159 e. The summed E-state index contributed by atoms with van der Waals surface area (Å²) in [5.74, 6) is 1.09. The van der Waals surface area contributed by atoms with Gasteiger partial charge in [-0.3, -0.25) is 0 Å². The number of nitrogens with one attached hydrogen (secondary N) is 2. The summed E-state index contributed by atoms with van der Waals surface area (Å²) in [5, 5.41) is 7.12. The van der Waals surface area contributed by atoms with Gasteiger partial charge in [-0.2, -0.15) is 0 Å². The molecule has 5 nitrogen and oxygen atoms in total. The second kappa shape index (κ2) is 6.76. The number of halogens is 1. The molecule has 0 spiro atoms. The summed E-state index contributed by atoms with van der Waals surface area (Å²) in [7, 11) is 0. The fraction of sp³-hybridized carbons (Fsp3) is 0.111. The zero-order valence-corrected chi connectivity index (χ0v) is 14.2. The summed E-state index contributed by atoms with van der Waals surface area (Å²) in [6.45, 7) is 4.01. The maximum absolute atomic E-state index is 6.23. The van der Waals surface area contributed by atoms with E-state index in [4.69, 9.17) is 17.3 Å². The van der Waals surface area contributed by atoms with Crippen LogP contribution in [-0.4, -0.2) is 9.97 Å². The van der Waals surface area contributed by atoms with Crippen LogP contribution in [0.4, 0.5) is 28.7 Å². The summed E-state index contributed by atoms with van der Waals surface area (Å²) in [6, 6.07) is 13.6. The highest BCUT2D eigenvalue weighted by Gasteiger charge is 2.10. The maximum Gasteiger partial charge on any atom is 0.159 e. The minimum absolute atomic E-state index is 0.445. The van der Waals surface area contributed by atoms with Crippen molar-refractivity contribution >= 4 is 40.3 Å². The van der Waals surface area contributed by atoms with Crippen LogP contribution in [-0.2, 0) is 0 Å². The first kappa shape index (κ1) is 16.1. The molecule has 1 heterocycles. The molecule has 0 aliphatic heterocycles. The van der Waals surface area contributed by atoms with E-state index in [9.17, 15) is 0 Å². The second-order valence-electron chi connectivity index (χ2n) is 5.51. The number of aromatic nitrogens is 2. The third kappa shape index (κ3) is 3.41. The Morgan fingerprint density at radius 2 is 1.50 bits per heavy atom. The van der Waals surface area contributed by atoms with E-state index in [0.717, 1.165) is 22.5 Å². The Balaban J connectivity index is 1.91. The van der Waals surface area contributed by atoms with Crippen LogP contribution >= 0.6 is 11.6 Å². The van der Waals surface area contributed by atoms with Gasteiger partial charge in [-0.15, -0.1) is 0 Å². The van der Waals surface area contributed by atoms with E-state index in [0.29, 0.717) is 22.3 Å². The largest absolute Gasteiger partial charge is 0.393 e. The van der Waals surface area contributed by atoms with Crippen molar-refractivity contribution in [3.63, 3.8) is 0 Å². The van der Waals surface area contributed by atoms with Crippen molar-refractivity contribution in [1.29, 1.82) is 0 Å². The highest BCUT2D eigenvalue weighted by Crippen LogP contribution is 2.30. The van der Waals surface area contributed by atoms with Gasteiger partial charge in [0.2, 0.25) is 0 Å². The van der Waals surface area contributed by atoms with Crippen molar-refractivity contribution in [3.8, 4) is 0 Å². The molecule has 0 radical (unpaired) electrons. The third-order valence-electron chi connectivity index (χ3n) is 3.73. The Morgan fingerprint density at radius 3 is 2.21 bits per heavy atom. The van der Waals surface area contributed by atoms with Gasteiger partial charge in [0.25, 0.3) is 0 Å². The lowest BCUT2D eigenvalue weighted by Crippen LogP contribution is -2.06. The highest BCUT2D eigenvalue weighted by molar-refractivity contribution is 6.30. The van der Waals surface area contributed by atoms with E-state index in [-0.39, 0.29) is 0 Å². The number of hydrogen-bond acceptors (Lipinski definition) is 5. The van der Waals surface area contributed by atoms with Crippen LogP contribution in [0.25, 0.3) is 0 Å². The monoisotopic (exact) mass is 339 g/mol. The van der Waals surface area contributed by atoms with Crippen LogP contribution in [0.3, 0.4) is 0 Å². The van der Waals surface area contributed by atoms with Crippen LogP contribution in [0.1, 0.15) is 11.1 Å². The molecule has 0 amide bonds.